The first kappa shape index (κ1) is 33.7. The van der Waals surface area contributed by atoms with Gasteiger partial charge in [-0.05, 0) is 31.5 Å². The fraction of sp³-hybridized carbons (Fsp3) is 0.346. The number of hydrogen-bond acceptors (Lipinski definition) is 6. The average molecular weight is 604 g/mol. The van der Waals surface area contributed by atoms with Crippen LogP contribution in [0.5, 0.6) is 0 Å². The summed E-state index contributed by atoms with van der Waals surface area (Å²) in [5, 5.41) is 17.3. The Bertz CT molecular complexity index is 1310. The van der Waals surface area contributed by atoms with Gasteiger partial charge in [-0.25, -0.2) is 14.6 Å². The number of rotatable bonds is 5. The molecular weight excluding hydrogens is 576 g/mol. The van der Waals surface area contributed by atoms with Crippen molar-refractivity contribution < 1.29 is 50.9 Å². The van der Waals surface area contributed by atoms with E-state index < -0.39 is 30.3 Å². The highest BCUT2D eigenvalue weighted by Crippen LogP contribution is 2.33. The number of carbonyl (C=O) groups is 3. The summed E-state index contributed by atoms with van der Waals surface area (Å²) >= 11 is 0. The summed E-state index contributed by atoms with van der Waals surface area (Å²) in [4.78, 5) is 42.1. The van der Waals surface area contributed by atoms with Crippen LogP contribution in [0.2, 0.25) is 0 Å². The van der Waals surface area contributed by atoms with Crippen LogP contribution in [0.1, 0.15) is 42.9 Å². The lowest BCUT2D eigenvalue weighted by Crippen LogP contribution is -2.42. The van der Waals surface area contributed by atoms with Gasteiger partial charge < -0.3 is 20.1 Å². The summed E-state index contributed by atoms with van der Waals surface area (Å²) in [7, 11) is 0. The fourth-order valence-corrected chi connectivity index (χ4v) is 3.79. The maximum atomic E-state index is 13.4. The number of carboxylic acids is 2. The Morgan fingerprint density at radius 1 is 0.976 bits per heavy atom. The van der Waals surface area contributed by atoms with E-state index in [0.717, 1.165) is 24.4 Å². The number of nitrogens with one attached hydrogen (secondary N) is 1. The molecule has 0 radical (unpaired) electrons. The molecule has 0 saturated carbocycles. The Kier molecular flexibility index (Phi) is 11.6. The molecular formula is C26H27F6N5O5. The van der Waals surface area contributed by atoms with Gasteiger partial charge >= 0.3 is 24.3 Å². The third kappa shape index (κ3) is 9.87. The second kappa shape index (κ2) is 14.4. The van der Waals surface area contributed by atoms with Gasteiger partial charge in [0, 0.05) is 31.7 Å². The minimum absolute atomic E-state index is 0.0488. The molecule has 10 nitrogen and oxygen atoms in total. The average Bonchev–Trinajstić information content (AvgIpc) is 3.34. The highest BCUT2D eigenvalue weighted by atomic mass is 19.4. The molecule has 3 N–H and O–H groups in total. The summed E-state index contributed by atoms with van der Waals surface area (Å²) in [6, 6.07) is 13.8. The number of carboxylic acid groups (broad SMARTS) is 2. The first-order valence-electron chi connectivity index (χ1n) is 12.2. The molecule has 16 heteroatoms. The van der Waals surface area contributed by atoms with Crippen molar-refractivity contribution in [1.82, 2.24) is 19.4 Å². The van der Waals surface area contributed by atoms with Gasteiger partial charge in [-0.15, -0.1) is 0 Å². The van der Waals surface area contributed by atoms with Crippen molar-refractivity contribution in [3.05, 3.63) is 78.1 Å². The molecule has 1 amide bonds. The molecule has 228 valence electrons. The molecule has 4 rings (SSSR count). The molecule has 1 atom stereocenters. The molecule has 2 aromatic heterocycles. The van der Waals surface area contributed by atoms with E-state index >= 15 is 0 Å². The largest absolute Gasteiger partial charge is 0.490 e. The maximum absolute atomic E-state index is 13.4. The Balaban J connectivity index is 0.000000367. The number of benzene rings is 1. The summed E-state index contributed by atoms with van der Waals surface area (Å²) in [6.45, 7) is 5.75. The number of halogens is 6. The molecule has 1 unspecified atom stereocenters. The predicted octanol–water partition coefficient (Wildman–Crippen LogP) is 4.86. The Morgan fingerprint density at radius 3 is 2.02 bits per heavy atom. The number of alkyl halides is 6. The highest BCUT2D eigenvalue weighted by Gasteiger charge is 2.39. The first-order valence-corrected chi connectivity index (χ1v) is 12.2. The molecule has 0 spiro atoms. The third-order valence-corrected chi connectivity index (χ3v) is 5.62. The van der Waals surface area contributed by atoms with Crippen molar-refractivity contribution in [2.45, 2.75) is 51.2 Å². The van der Waals surface area contributed by atoms with Gasteiger partial charge in [0.1, 0.15) is 6.04 Å². The second-order valence-corrected chi connectivity index (χ2v) is 9.02. The number of amides is 1. The van der Waals surface area contributed by atoms with Crippen LogP contribution in [0.25, 0.3) is 0 Å². The normalized spacial score (nSPS) is 14.9. The lowest BCUT2D eigenvalue weighted by atomic mass is 9.99. The maximum Gasteiger partial charge on any atom is 0.490 e. The van der Waals surface area contributed by atoms with Crippen LogP contribution >= 0.6 is 0 Å². The van der Waals surface area contributed by atoms with Crippen LogP contribution in [0.3, 0.4) is 0 Å². The third-order valence-electron chi connectivity index (χ3n) is 5.62. The second-order valence-electron chi connectivity index (χ2n) is 9.02. The Morgan fingerprint density at radius 2 is 1.55 bits per heavy atom. The van der Waals surface area contributed by atoms with Gasteiger partial charge in [0.05, 0.1) is 29.6 Å². The summed E-state index contributed by atoms with van der Waals surface area (Å²) < 4.78 is 65.6. The summed E-state index contributed by atoms with van der Waals surface area (Å²) in [5.74, 6) is -5.56. The minimum atomic E-state index is -5.08. The van der Waals surface area contributed by atoms with Crippen LogP contribution in [0.15, 0.2) is 61.2 Å². The van der Waals surface area contributed by atoms with E-state index in [4.69, 9.17) is 19.8 Å². The number of nitrogens with zero attached hydrogens (tertiary/aromatic N) is 4. The standard InChI is InChI=1S/C22H25N5O.2C2HF3O2/c1-16(2)27-15-24-19-10-12-26(14-17-7-4-3-5-8-17)21(20(19)27)22(28)25-18-9-6-11-23-13-18;2*3-2(4,5)1(6)7/h3-9,11,13,15-16,21H,10,12,14H2,1-2H3,(H,25,28);2*(H,6,7). The van der Waals surface area contributed by atoms with E-state index in [2.05, 4.69) is 50.7 Å². The SMILES string of the molecule is CC(C)n1cnc2c1C(C(=O)Nc1cccnc1)N(Cc1ccccc1)CC2.O=C(O)C(F)(F)F.O=C(O)C(F)(F)F. The van der Waals surface area contributed by atoms with Crippen molar-refractivity contribution in [3.63, 3.8) is 0 Å². The van der Waals surface area contributed by atoms with Gasteiger partial charge in [0.15, 0.2) is 0 Å². The predicted molar refractivity (Wildman–Crippen MR) is 136 cm³/mol. The van der Waals surface area contributed by atoms with Crippen LogP contribution in [-0.4, -0.2) is 66.4 Å². The van der Waals surface area contributed by atoms with Crippen LogP contribution in [0.4, 0.5) is 32.0 Å². The molecule has 0 aliphatic carbocycles. The number of carbonyl (C=O) groups excluding carboxylic acids is 1. The van der Waals surface area contributed by atoms with Crippen molar-refractivity contribution in [1.29, 1.82) is 0 Å². The number of pyridine rings is 1. The quantitative estimate of drug-likeness (QED) is 0.352. The smallest absolute Gasteiger partial charge is 0.475 e. The number of imidazole rings is 1. The van der Waals surface area contributed by atoms with Gasteiger partial charge in [0.25, 0.3) is 0 Å². The van der Waals surface area contributed by atoms with E-state index in [-0.39, 0.29) is 11.9 Å². The lowest BCUT2D eigenvalue weighted by molar-refractivity contribution is -0.193. The number of fused-ring (bicyclic) bond motifs is 1. The van der Waals surface area contributed by atoms with Crippen molar-refractivity contribution in [3.8, 4) is 0 Å². The lowest BCUT2D eigenvalue weighted by Gasteiger charge is -2.36. The van der Waals surface area contributed by atoms with E-state index in [0.29, 0.717) is 12.2 Å². The number of aromatic nitrogens is 3. The molecule has 42 heavy (non-hydrogen) atoms. The van der Waals surface area contributed by atoms with Crippen LogP contribution < -0.4 is 5.32 Å². The molecule has 0 fully saturated rings. The summed E-state index contributed by atoms with van der Waals surface area (Å²) in [5.41, 5.74) is 3.92. The van der Waals surface area contributed by atoms with Crippen LogP contribution in [-0.2, 0) is 27.3 Å². The van der Waals surface area contributed by atoms with Gasteiger partial charge in [-0.1, -0.05) is 30.3 Å². The molecule has 1 aromatic carbocycles. The number of hydrogen-bond donors (Lipinski definition) is 3. The topological polar surface area (TPSA) is 138 Å². The van der Waals surface area contributed by atoms with Gasteiger partial charge in [-0.3, -0.25) is 14.7 Å². The van der Waals surface area contributed by atoms with Crippen molar-refractivity contribution >= 4 is 23.5 Å². The number of aliphatic carboxylic acids is 2. The van der Waals surface area contributed by atoms with E-state index in [1.807, 2.05) is 36.7 Å². The zero-order valence-corrected chi connectivity index (χ0v) is 22.2. The molecule has 1 aliphatic heterocycles. The zero-order valence-electron chi connectivity index (χ0n) is 22.2. The van der Waals surface area contributed by atoms with Crippen molar-refractivity contribution in [2.75, 3.05) is 11.9 Å². The van der Waals surface area contributed by atoms with Gasteiger partial charge in [-0.2, -0.15) is 26.3 Å². The van der Waals surface area contributed by atoms with E-state index in [9.17, 15) is 31.1 Å². The molecule has 3 heterocycles. The monoisotopic (exact) mass is 603 g/mol. The Labute approximate surface area is 235 Å². The molecule has 0 saturated heterocycles. The molecule has 1 aliphatic rings. The zero-order chi connectivity index (χ0) is 31.7. The minimum Gasteiger partial charge on any atom is -0.475 e. The summed E-state index contributed by atoms with van der Waals surface area (Å²) in [6.07, 6.45) is -4.09. The Hall–Kier alpha value is -4.47. The fourth-order valence-electron chi connectivity index (χ4n) is 3.79. The number of anilines is 1. The molecule has 3 aromatic rings. The van der Waals surface area contributed by atoms with Crippen molar-refractivity contribution in [2.24, 2.45) is 0 Å². The van der Waals surface area contributed by atoms with E-state index in [1.165, 1.54) is 5.56 Å². The van der Waals surface area contributed by atoms with Gasteiger partial charge in [0.2, 0.25) is 5.91 Å². The molecule has 0 bridgehead atoms. The first-order chi connectivity index (χ1) is 19.5. The van der Waals surface area contributed by atoms with E-state index in [1.54, 1.807) is 12.4 Å². The highest BCUT2D eigenvalue weighted by molar-refractivity contribution is 5.95. The van der Waals surface area contributed by atoms with Crippen LogP contribution in [0, 0.1) is 0 Å².